The van der Waals surface area contributed by atoms with Gasteiger partial charge in [0.25, 0.3) is 5.91 Å². The van der Waals surface area contributed by atoms with Crippen LogP contribution in [0.5, 0.6) is 5.75 Å². The van der Waals surface area contributed by atoms with Crippen LogP contribution < -0.4 is 13.9 Å². The molecular formula is C26H35N3O4S. The molecule has 1 unspecified atom stereocenters. The highest BCUT2D eigenvalue weighted by Crippen LogP contribution is 2.39. The van der Waals surface area contributed by atoms with Crippen molar-refractivity contribution in [1.82, 2.24) is 4.90 Å². The molecule has 8 heteroatoms. The first-order valence-electron chi connectivity index (χ1n) is 11.7. The molecule has 1 fully saturated rings. The van der Waals surface area contributed by atoms with Gasteiger partial charge in [0.05, 0.1) is 18.5 Å². The summed E-state index contributed by atoms with van der Waals surface area (Å²) in [5, 5.41) is 0. The molecule has 0 N–H and O–H groups in total. The van der Waals surface area contributed by atoms with Gasteiger partial charge in [-0.15, -0.1) is 0 Å². The number of piperazine rings is 1. The Labute approximate surface area is 203 Å². The summed E-state index contributed by atoms with van der Waals surface area (Å²) in [6.45, 7) is 13.0. The van der Waals surface area contributed by atoms with E-state index >= 15 is 0 Å². The zero-order valence-corrected chi connectivity index (χ0v) is 21.8. The minimum Gasteiger partial charge on any atom is -0.476 e. The van der Waals surface area contributed by atoms with E-state index in [0.29, 0.717) is 24.5 Å². The van der Waals surface area contributed by atoms with E-state index < -0.39 is 16.1 Å². The lowest BCUT2D eigenvalue weighted by molar-refractivity contribution is -0.138. The van der Waals surface area contributed by atoms with Crippen LogP contribution in [0.1, 0.15) is 37.5 Å². The summed E-state index contributed by atoms with van der Waals surface area (Å²) in [5.74, 6) is 0.261. The van der Waals surface area contributed by atoms with Gasteiger partial charge in [0.1, 0.15) is 5.75 Å². The summed E-state index contributed by atoms with van der Waals surface area (Å²) in [4.78, 5) is 17.5. The molecule has 1 amide bonds. The van der Waals surface area contributed by atoms with Crippen molar-refractivity contribution in [1.29, 1.82) is 0 Å². The third-order valence-corrected chi connectivity index (χ3v) is 8.02. The third-order valence-electron chi connectivity index (χ3n) is 6.88. The molecule has 0 spiro atoms. The molecule has 184 valence electrons. The van der Waals surface area contributed by atoms with Crippen LogP contribution in [0, 0.1) is 13.8 Å². The molecule has 2 aliphatic rings. The first kappa shape index (κ1) is 24.4. The maximum Gasteiger partial charge on any atom is 0.265 e. The van der Waals surface area contributed by atoms with Crippen LogP contribution in [0.3, 0.4) is 0 Å². The number of benzene rings is 2. The zero-order valence-electron chi connectivity index (χ0n) is 21.0. The Morgan fingerprint density at radius 1 is 1.00 bits per heavy atom. The Hall–Kier alpha value is -2.74. The number of carbonyl (C=O) groups is 1. The number of aryl methyl sites for hydroxylation is 1. The monoisotopic (exact) mass is 485 g/mol. The number of sulfonamides is 1. The van der Waals surface area contributed by atoms with Crippen molar-refractivity contribution in [3.05, 3.63) is 53.1 Å². The normalized spacial score (nSPS) is 19.0. The van der Waals surface area contributed by atoms with Crippen LogP contribution in [-0.4, -0.2) is 64.3 Å². The van der Waals surface area contributed by atoms with E-state index in [1.807, 2.05) is 12.1 Å². The SMILES string of the molecule is Cc1cccc(N2CCN(C(=O)C3CN(S(C)(=O)=O)c4cc(C(C)(C)C)ccc4O3)CC2)c1C. The smallest absolute Gasteiger partial charge is 0.265 e. The van der Waals surface area contributed by atoms with Crippen molar-refractivity contribution in [3.8, 4) is 5.75 Å². The first-order valence-corrected chi connectivity index (χ1v) is 13.6. The first-order chi connectivity index (χ1) is 15.9. The molecule has 0 radical (unpaired) electrons. The number of hydrogen-bond acceptors (Lipinski definition) is 5. The van der Waals surface area contributed by atoms with E-state index in [1.54, 1.807) is 11.0 Å². The van der Waals surface area contributed by atoms with Gasteiger partial charge in [-0.1, -0.05) is 39.0 Å². The maximum absolute atomic E-state index is 13.4. The Morgan fingerprint density at radius 2 is 1.68 bits per heavy atom. The maximum atomic E-state index is 13.4. The lowest BCUT2D eigenvalue weighted by Crippen LogP contribution is -2.56. The van der Waals surface area contributed by atoms with Crippen LogP contribution in [0.4, 0.5) is 11.4 Å². The molecule has 34 heavy (non-hydrogen) atoms. The van der Waals surface area contributed by atoms with Gasteiger partial charge in [0.15, 0.2) is 6.10 Å². The highest BCUT2D eigenvalue weighted by atomic mass is 32.2. The number of amides is 1. The molecule has 7 nitrogen and oxygen atoms in total. The van der Waals surface area contributed by atoms with Crippen molar-refractivity contribution in [2.24, 2.45) is 0 Å². The van der Waals surface area contributed by atoms with Crippen LogP contribution in [-0.2, 0) is 20.2 Å². The van der Waals surface area contributed by atoms with E-state index in [1.165, 1.54) is 27.4 Å². The number of ether oxygens (including phenoxy) is 1. The predicted octanol–water partition coefficient (Wildman–Crippen LogP) is 3.48. The number of nitrogens with zero attached hydrogens (tertiary/aromatic N) is 3. The Kier molecular flexibility index (Phi) is 6.31. The van der Waals surface area contributed by atoms with Gasteiger partial charge < -0.3 is 14.5 Å². The molecule has 0 saturated carbocycles. The van der Waals surface area contributed by atoms with Crippen LogP contribution in [0.15, 0.2) is 36.4 Å². The lowest BCUT2D eigenvalue weighted by Gasteiger charge is -2.40. The molecule has 1 atom stereocenters. The molecular weight excluding hydrogens is 450 g/mol. The van der Waals surface area contributed by atoms with Crippen molar-refractivity contribution < 1.29 is 17.9 Å². The number of anilines is 2. The quantitative estimate of drug-likeness (QED) is 0.666. The molecule has 2 aliphatic heterocycles. The van der Waals surface area contributed by atoms with Crippen molar-refractivity contribution in [3.63, 3.8) is 0 Å². The van der Waals surface area contributed by atoms with Crippen molar-refractivity contribution >= 4 is 27.3 Å². The van der Waals surface area contributed by atoms with Crippen molar-refractivity contribution in [2.45, 2.75) is 46.1 Å². The molecule has 1 saturated heterocycles. The predicted molar refractivity (Wildman–Crippen MR) is 136 cm³/mol. The van der Waals surface area contributed by atoms with Gasteiger partial charge >= 0.3 is 0 Å². The summed E-state index contributed by atoms with van der Waals surface area (Å²) in [5.41, 5.74) is 5.08. The van der Waals surface area contributed by atoms with Gasteiger partial charge in [0.2, 0.25) is 10.0 Å². The van der Waals surface area contributed by atoms with Gasteiger partial charge in [-0.25, -0.2) is 8.42 Å². The van der Waals surface area contributed by atoms with E-state index in [9.17, 15) is 13.2 Å². The van der Waals surface area contributed by atoms with Crippen LogP contribution in [0.2, 0.25) is 0 Å². The molecule has 2 heterocycles. The zero-order chi connectivity index (χ0) is 24.8. The average molecular weight is 486 g/mol. The van der Waals surface area contributed by atoms with Gasteiger partial charge in [0, 0.05) is 31.9 Å². The molecule has 2 aromatic rings. The summed E-state index contributed by atoms with van der Waals surface area (Å²) >= 11 is 0. The van der Waals surface area contributed by atoms with E-state index in [-0.39, 0.29) is 17.9 Å². The number of fused-ring (bicyclic) bond motifs is 1. The highest BCUT2D eigenvalue weighted by Gasteiger charge is 2.38. The largest absolute Gasteiger partial charge is 0.476 e. The summed E-state index contributed by atoms with van der Waals surface area (Å²) in [6.07, 6.45) is 0.311. The topological polar surface area (TPSA) is 70.2 Å². The number of hydrogen-bond donors (Lipinski definition) is 0. The fourth-order valence-electron chi connectivity index (χ4n) is 4.61. The second-order valence-electron chi connectivity index (χ2n) is 10.4. The van der Waals surface area contributed by atoms with Gasteiger partial charge in [-0.2, -0.15) is 0 Å². The second kappa shape index (κ2) is 8.80. The fraction of sp³-hybridized carbons (Fsp3) is 0.500. The summed E-state index contributed by atoms with van der Waals surface area (Å²) < 4.78 is 32.7. The van der Waals surface area contributed by atoms with E-state index in [2.05, 4.69) is 57.7 Å². The van der Waals surface area contributed by atoms with Crippen LogP contribution in [0.25, 0.3) is 0 Å². The highest BCUT2D eigenvalue weighted by molar-refractivity contribution is 7.92. The number of carbonyl (C=O) groups excluding carboxylic acids is 1. The Morgan fingerprint density at radius 3 is 2.29 bits per heavy atom. The van der Waals surface area contributed by atoms with E-state index in [4.69, 9.17) is 4.74 Å². The van der Waals surface area contributed by atoms with Crippen LogP contribution >= 0.6 is 0 Å². The molecule has 2 aromatic carbocycles. The fourth-order valence-corrected chi connectivity index (χ4v) is 5.52. The minimum absolute atomic E-state index is 0.0184. The Bertz CT molecular complexity index is 1200. The van der Waals surface area contributed by atoms with Crippen molar-refractivity contribution in [2.75, 3.05) is 48.2 Å². The Balaban J connectivity index is 1.52. The molecule has 0 aromatic heterocycles. The van der Waals surface area contributed by atoms with Gasteiger partial charge in [-0.3, -0.25) is 9.10 Å². The molecule has 4 rings (SSSR count). The minimum atomic E-state index is -3.58. The third kappa shape index (κ3) is 4.73. The lowest BCUT2D eigenvalue weighted by atomic mass is 9.86. The molecule has 0 bridgehead atoms. The second-order valence-corrected chi connectivity index (χ2v) is 12.3. The standard InChI is InChI=1S/C26H35N3O4S/c1-18-8-7-9-21(19(18)2)27-12-14-28(15-13-27)25(30)24-17-29(34(6,31)32)22-16-20(26(3,4)5)10-11-23(22)33-24/h7-11,16,24H,12-15,17H2,1-6H3. The van der Waals surface area contributed by atoms with E-state index in [0.717, 1.165) is 18.7 Å². The summed E-state index contributed by atoms with van der Waals surface area (Å²) in [6, 6.07) is 11.9. The number of rotatable bonds is 3. The summed E-state index contributed by atoms with van der Waals surface area (Å²) in [7, 11) is -3.58. The van der Waals surface area contributed by atoms with Gasteiger partial charge in [-0.05, 0) is 54.2 Å². The average Bonchev–Trinajstić information content (AvgIpc) is 2.78. The molecule has 0 aliphatic carbocycles.